The highest BCUT2D eigenvalue weighted by molar-refractivity contribution is 5.95. The van der Waals surface area contributed by atoms with Crippen molar-refractivity contribution in [1.82, 2.24) is 9.80 Å². The minimum Gasteiger partial charge on any atom is -0.493 e. The van der Waals surface area contributed by atoms with E-state index in [4.69, 9.17) is 9.47 Å². The number of piperazine rings is 1. The van der Waals surface area contributed by atoms with Crippen molar-refractivity contribution in [2.24, 2.45) is 0 Å². The maximum atomic E-state index is 13.0. The number of para-hydroxylation sites is 1. The molecule has 2 aromatic carbocycles. The Labute approximate surface area is 189 Å². The molecule has 1 saturated heterocycles. The Morgan fingerprint density at radius 1 is 1.06 bits per heavy atom. The molecule has 0 unspecified atom stereocenters. The van der Waals surface area contributed by atoms with Crippen molar-refractivity contribution in [3.63, 3.8) is 0 Å². The number of methoxy groups -OCH3 is 1. The van der Waals surface area contributed by atoms with Crippen LogP contribution >= 0.6 is 0 Å². The van der Waals surface area contributed by atoms with E-state index in [1.807, 2.05) is 32.0 Å². The third kappa shape index (κ3) is 5.68. The smallest absolute Gasteiger partial charge is 0.254 e. The van der Waals surface area contributed by atoms with Crippen LogP contribution in [0.1, 0.15) is 21.5 Å². The Kier molecular flexibility index (Phi) is 7.89. The SMILES string of the molecule is C=CCOc1ccc(C(=O)N2CCN(CC(=O)Nc3c(C)cccc3C)CC2)cc1OC. The average Bonchev–Trinajstić information content (AvgIpc) is 2.80. The van der Waals surface area contributed by atoms with Crippen LogP contribution in [-0.4, -0.2) is 68.1 Å². The van der Waals surface area contributed by atoms with Crippen molar-refractivity contribution in [1.29, 1.82) is 0 Å². The number of nitrogens with one attached hydrogen (secondary N) is 1. The van der Waals surface area contributed by atoms with Crippen LogP contribution in [0.15, 0.2) is 49.1 Å². The number of carbonyl (C=O) groups excluding carboxylic acids is 2. The predicted octanol–water partition coefficient (Wildman–Crippen LogP) is 3.27. The zero-order valence-electron chi connectivity index (χ0n) is 19.0. The van der Waals surface area contributed by atoms with Crippen LogP contribution in [0.3, 0.4) is 0 Å². The molecule has 3 rings (SSSR count). The van der Waals surface area contributed by atoms with Crippen LogP contribution < -0.4 is 14.8 Å². The Morgan fingerprint density at radius 2 is 1.75 bits per heavy atom. The Morgan fingerprint density at radius 3 is 2.38 bits per heavy atom. The number of ether oxygens (including phenoxy) is 2. The van der Waals surface area contributed by atoms with Gasteiger partial charge in [-0.1, -0.05) is 30.9 Å². The van der Waals surface area contributed by atoms with Gasteiger partial charge in [-0.25, -0.2) is 0 Å². The van der Waals surface area contributed by atoms with E-state index in [1.54, 1.807) is 36.3 Å². The molecule has 7 heteroatoms. The number of rotatable bonds is 8. The topological polar surface area (TPSA) is 71.1 Å². The van der Waals surface area contributed by atoms with Gasteiger partial charge in [-0.2, -0.15) is 0 Å². The van der Waals surface area contributed by atoms with Crippen molar-refractivity contribution >= 4 is 17.5 Å². The molecular formula is C25H31N3O4. The van der Waals surface area contributed by atoms with Crippen LogP contribution in [0.4, 0.5) is 5.69 Å². The van der Waals surface area contributed by atoms with Crippen molar-refractivity contribution in [2.75, 3.05) is 51.8 Å². The van der Waals surface area contributed by atoms with E-state index in [9.17, 15) is 9.59 Å². The first-order valence-electron chi connectivity index (χ1n) is 10.7. The normalized spacial score (nSPS) is 14.0. The van der Waals surface area contributed by atoms with Gasteiger partial charge in [0, 0.05) is 37.4 Å². The molecule has 2 amide bonds. The van der Waals surface area contributed by atoms with Crippen LogP contribution in [0.2, 0.25) is 0 Å². The summed E-state index contributed by atoms with van der Waals surface area (Å²) in [5.74, 6) is 0.989. The Hall–Kier alpha value is -3.32. The molecule has 0 bridgehead atoms. The number of carbonyl (C=O) groups is 2. The molecule has 1 aliphatic heterocycles. The van der Waals surface area contributed by atoms with Gasteiger partial charge < -0.3 is 19.7 Å². The summed E-state index contributed by atoms with van der Waals surface area (Å²) < 4.78 is 10.9. The van der Waals surface area contributed by atoms with Crippen molar-refractivity contribution < 1.29 is 19.1 Å². The van der Waals surface area contributed by atoms with E-state index in [2.05, 4.69) is 16.8 Å². The molecule has 2 aromatic rings. The standard InChI is InChI=1S/C25H31N3O4/c1-5-15-32-21-10-9-20(16-22(21)31-4)25(30)28-13-11-27(12-14-28)17-23(29)26-24-18(2)7-6-8-19(24)3/h5-10,16H,1,11-15,17H2,2-4H3,(H,26,29). The average molecular weight is 438 g/mol. The van der Waals surface area contributed by atoms with Crippen LogP contribution in [0.5, 0.6) is 11.5 Å². The first kappa shape index (κ1) is 23.3. The molecule has 0 atom stereocenters. The highest BCUT2D eigenvalue weighted by Gasteiger charge is 2.24. The van der Waals surface area contributed by atoms with Gasteiger partial charge in [0.2, 0.25) is 5.91 Å². The molecule has 7 nitrogen and oxygen atoms in total. The number of anilines is 1. The van der Waals surface area contributed by atoms with Gasteiger partial charge in [-0.3, -0.25) is 14.5 Å². The quantitative estimate of drug-likeness (QED) is 0.642. The van der Waals surface area contributed by atoms with Crippen LogP contribution in [0.25, 0.3) is 0 Å². The molecule has 1 aliphatic rings. The van der Waals surface area contributed by atoms with Gasteiger partial charge >= 0.3 is 0 Å². The maximum Gasteiger partial charge on any atom is 0.254 e. The minimum absolute atomic E-state index is 0.0398. The lowest BCUT2D eigenvalue weighted by molar-refractivity contribution is -0.117. The number of aryl methyl sites for hydroxylation is 2. The predicted molar refractivity (Wildman–Crippen MR) is 126 cm³/mol. The van der Waals surface area contributed by atoms with E-state index < -0.39 is 0 Å². The second-order valence-electron chi connectivity index (χ2n) is 7.85. The Bertz CT molecular complexity index is 961. The third-order valence-electron chi connectivity index (χ3n) is 5.54. The number of amides is 2. The molecule has 0 spiro atoms. The molecule has 0 aliphatic carbocycles. The second-order valence-corrected chi connectivity index (χ2v) is 7.85. The summed E-state index contributed by atoms with van der Waals surface area (Å²) in [5.41, 5.74) is 3.52. The highest BCUT2D eigenvalue weighted by atomic mass is 16.5. The molecule has 170 valence electrons. The lowest BCUT2D eigenvalue weighted by atomic mass is 10.1. The zero-order chi connectivity index (χ0) is 23.1. The van der Waals surface area contributed by atoms with Gasteiger partial charge in [0.25, 0.3) is 5.91 Å². The van der Waals surface area contributed by atoms with Crippen LogP contribution in [-0.2, 0) is 4.79 Å². The van der Waals surface area contributed by atoms with E-state index in [-0.39, 0.29) is 11.8 Å². The van der Waals surface area contributed by atoms with Gasteiger partial charge in [-0.15, -0.1) is 0 Å². The van der Waals surface area contributed by atoms with Gasteiger partial charge in [0.05, 0.1) is 13.7 Å². The highest BCUT2D eigenvalue weighted by Crippen LogP contribution is 2.28. The van der Waals surface area contributed by atoms with Gasteiger partial charge in [-0.05, 0) is 43.2 Å². The van der Waals surface area contributed by atoms with E-state index in [0.29, 0.717) is 56.4 Å². The fraction of sp³-hybridized carbons (Fsp3) is 0.360. The van der Waals surface area contributed by atoms with E-state index in [1.165, 1.54) is 0 Å². The monoisotopic (exact) mass is 437 g/mol. The molecule has 1 heterocycles. The first-order chi connectivity index (χ1) is 15.4. The molecule has 1 fully saturated rings. The third-order valence-corrected chi connectivity index (χ3v) is 5.54. The maximum absolute atomic E-state index is 13.0. The lowest BCUT2D eigenvalue weighted by Crippen LogP contribution is -2.50. The van der Waals surface area contributed by atoms with Crippen molar-refractivity contribution in [2.45, 2.75) is 13.8 Å². The lowest BCUT2D eigenvalue weighted by Gasteiger charge is -2.34. The number of hydrogen-bond acceptors (Lipinski definition) is 5. The second kappa shape index (κ2) is 10.8. The largest absolute Gasteiger partial charge is 0.493 e. The fourth-order valence-electron chi connectivity index (χ4n) is 3.75. The number of hydrogen-bond donors (Lipinski definition) is 1. The summed E-state index contributed by atoms with van der Waals surface area (Å²) in [5, 5.41) is 3.03. The number of benzene rings is 2. The summed E-state index contributed by atoms with van der Waals surface area (Å²) in [6.07, 6.45) is 1.65. The molecule has 0 saturated carbocycles. The molecule has 1 N–H and O–H groups in total. The minimum atomic E-state index is -0.0572. The summed E-state index contributed by atoms with van der Waals surface area (Å²) >= 11 is 0. The fourth-order valence-corrected chi connectivity index (χ4v) is 3.75. The summed E-state index contributed by atoms with van der Waals surface area (Å²) in [7, 11) is 1.55. The molecular weight excluding hydrogens is 406 g/mol. The summed E-state index contributed by atoms with van der Waals surface area (Å²) in [6.45, 7) is 10.7. The molecule has 0 aromatic heterocycles. The van der Waals surface area contributed by atoms with E-state index >= 15 is 0 Å². The first-order valence-corrected chi connectivity index (χ1v) is 10.7. The summed E-state index contributed by atoms with van der Waals surface area (Å²) in [6, 6.07) is 11.1. The zero-order valence-corrected chi connectivity index (χ0v) is 19.0. The van der Waals surface area contributed by atoms with Gasteiger partial charge in [0.1, 0.15) is 6.61 Å². The molecule has 0 radical (unpaired) electrons. The van der Waals surface area contributed by atoms with E-state index in [0.717, 1.165) is 16.8 Å². The van der Waals surface area contributed by atoms with Crippen molar-refractivity contribution in [3.8, 4) is 11.5 Å². The Balaban J connectivity index is 1.54. The van der Waals surface area contributed by atoms with Crippen molar-refractivity contribution in [3.05, 3.63) is 65.7 Å². The van der Waals surface area contributed by atoms with Crippen LogP contribution in [0, 0.1) is 13.8 Å². The summed E-state index contributed by atoms with van der Waals surface area (Å²) in [4.78, 5) is 29.4. The molecule has 32 heavy (non-hydrogen) atoms. The van der Waals surface area contributed by atoms with Gasteiger partial charge in [0.15, 0.2) is 11.5 Å². The number of nitrogens with zero attached hydrogens (tertiary/aromatic N) is 2.